The van der Waals surface area contributed by atoms with Gasteiger partial charge in [0.05, 0.1) is 12.3 Å². The maximum atomic E-state index is 12.4. The first-order valence-corrected chi connectivity index (χ1v) is 7.54. The first kappa shape index (κ1) is 15.1. The zero-order valence-electron chi connectivity index (χ0n) is 11.5. The van der Waals surface area contributed by atoms with Crippen LogP contribution in [0.4, 0.5) is 5.69 Å². The average Bonchev–Trinajstić information content (AvgIpc) is 2.74. The largest absolute Gasteiger partial charge is 0.397 e. The molecule has 0 atom stereocenters. The number of hydrogen-bond acceptors (Lipinski definition) is 4. The standard InChI is InChI=1S/C14H17ClN2O2S/c1-3-19-7-6-17(2)14(18)13-12(16)10-5-4-9(15)8-11(10)20-13/h4-5,8H,3,6-7,16H2,1-2H3. The maximum Gasteiger partial charge on any atom is 0.265 e. The molecule has 0 saturated carbocycles. The van der Waals surface area contributed by atoms with Crippen molar-refractivity contribution in [2.75, 3.05) is 32.5 Å². The van der Waals surface area contributed by atoms with Crippen LogP contribution in [0, 0.1) is 0 Å². The van der Waals surface area contributed by atoms with Crippen LogP contribution >= 0.6 is 22.9 Å². The molecule has 20 heavy (non-hydrogen) atoms. The number of likely N-dealkylation sites (N-methyl/N-ethyl adjacent to an activating group) is 1. The fraction of sp³-hybridized carbons (Fsp3) is 0.357. The van der Waals surface area contributed by atoms with Crippen molar-refractivity contribution >= 4 is 44.6 Å². The molecule has 0 radical (unpaired) electrons. The molecule has 2 rings (SSSR count). The van der Waals surface area contributed by atoms with Gasteiger partial charge in [-0.3, -0.25) is 4.79 Å². The van der Waals surface area contributed by atoms with E-state index >= 15 is 0 Å². The van der Waals surface area contributed by atoms with E-state index < -0.39 is 0 Å². The summed E-state index contributed by atoms with van der Waals surface area (Å²) >= 11 is 7.33. The lowest BCUT2D eigenvalue weighted by molar-refractivity contribution is 0.0715. The van der Waals surface area contributed by atoms with Crippen LogP contribution in [0.15, 0.2) is 18.2 Å². The quantitative estimate of drug-likeness (QED) is 0.862. The summed E-state index contributed by atoms with van der Waals surface area (Å²) in [6.45, 7) is 3.64. The van der Waals surface area contributed by atoms with Gasteiger partial charge in [-0.1, -0.05) is 11.6 Å². The summed E-state index contributed by atoms with van der Waals surface area (Å²) in [5.41, 5.74) is 6.59. The van der Waals surface area contributed by atoms with Crippen molar-refractivity contribution < 1.29 is 9.53 Å². The number of halogens is 1. The number of hydrogen-bond donors (Lipinski definition) is 1. The van der Waals surface area contributed by atoms with Gasteiger partial charge in [-0.05, 0) is 25.1 Å². The third-order valence-corrected chi connectivity index (χ3v) is 4.40. The maximum absolute atomic E-state index is 12.4. The highest BCUT2D eigenvalue weighted by atomic mass is 35.5. The Morgan fingerprint density at radius 2 is 2.25 bits per heavy atom. The van der Waals surface area contributed by atoms with Gasteiger partial charge in [0.15, 0.2) is 0 Å². The van der Waals surface area contributed by atoms with Crippen molar-refractivity contribution in [3.63, 3.8) is 0 Å². The van der Waals surface area contributed by atoms with Gasteiger partial charge in [0.2, 0.25) is 0 Å². The van der Waals surface area contributed by atoms with Crippen LogP contribution in [0.3, 0.4) is 0 Å². The SMILES string of the molecule is CCOCCN(C)C(=O)c1sc2cc(Cl)ccc2c1N. The van der Waals surface area contributed by atoms with E-state index in [0.717, 1.165) is 10.1 Å². The molecule has 0 aliphatic carbocycles. The number of nitrogens with two attached hydrogens (primary N) is 1. The molecule has 1 aromatic carbocycles. The topological polar surface area (TPSA) is 55.6 Å². The van der Waals surface area contributed by atoms with Crippen molar-refractivity contribution in [2.24, 2.45) is 0 Å². The Hall–Kier alpha value is -1.30. The van der Waals surface area contributed by atoms with E-state index in [4.69, 9.17) is 22.1 Å². The minimum atomic E-state index is -0.0838. The summed E-state index contributed by atoms with van der Waals surface area (Å²) in [4.78, 5) is 14.6. The highest BCUT2D eigenvalue weighted by Gasteiger charge is 2.19. The number of carbonyl (C=O) groups is 1. The fourth-order valence-electron chi connectivity index (χ4n) is 1.87. The van der Waals surface area contributed by atoms with Gasteiger partial charge in [0.1, 0.15) is 4.88 Å². The van der Waals surface area contributed by atoms with Crippen molar-refractivity contribution in [1.29, 1.82) is 0 Å². The summed E-state index contributed by atoms with van der Waals surface area (Å²) in [5.74, 6) is -0.0838. The Morgan fingerprint density at radius 3 is 2.95 bits per heavy atom. The van der Waals surface area contributed by atoms with Gasteiger partial charge in [-0.25, -0.2) is 0 Å². The Bertz CT molecular complexity index is 627. The third-order valence-electron chi connectivity index (χ3n) is 3.01. The number of amides is 1. The Labute approximate surface area is 127 Å². The van der Waals surface area contributed by atoms with Gasteiger partial charge in [-0.2, -0.15) is 0 Å². The Balaban J connectivity index is 2.23. The van der Waals surface area contributed by atoms with Crippen LogP contribution in [-0.4, -0.2) is 37.6 Å². The highest BCUT2D eigenvalue weighted by molar-refractivity contribution is 7.21. The normalized spacial score (nSPS) is 10.9. The number of benzene rings is 1. The van der Waals surface area contributed by atoms with E-state index in [9.17, 15) is 4.79 Å². The molecular weight excluding hydrogens is 296 g/mol. The number of thiophene rings is 1. The zero-order chi connectivity index (χ0) is 14.7. The summed E-state index contributed by atoms with van der Waals surface area (Å²) < 4.78 is 6.18. The van der Waals surface area contributed by atoms with Crippen LogP contribution in [-0.2, 0) is 4.74 Å². The van der Waals surface area contributed by atoms with Gasteiger partial charge < -0.3 is 15.4 Å². The molecule has 0 fully saturated rings. The summed E-state index contributed by atoms with van der Waals surface area (Å²) in [5, 5.41) is 1.52. The average molecular weight is 313 g/mol. The summed E-state index contributed by atoms with van der Waals surface area (Å²) in [6, 6.07) is 5.45. The zero-order valence-corrected chi connectivity index (χ0v) is 13.1. The van der Waals surface area contributed by atoms with Gasteiger partial charge >= 0.3 is 0 Å². The van der Waals surface area contributed by atoms with Crippen LogP contribution in [0.25, 0.3) is 10.1 Å². The molecule has 0 bridgehead atoms. The van der Waals surface area contributed by atoms with Crippen molar-refractivity contribution in [1.82, 2.24) is 4.90 Å². The van der Waals surface area contributed by atoms with Crippen molar-refractivity contribution in [3.05, 3.63) is 28.1 Å². The molecular formula is C14H17ClN2O2S. The molecule has 2 aromatic rings. The fourth-order valence-corrected chi connectivity index (χ4v) is 3.26. The number of fused-ring (bicyclic) bond motifs is 1. The Kier molecular flexibility index (Phi) is 4.86. The molecule has 1 heterocycles. The van der Waals surface area contributed by atoms with E-state index in [1.165, 1.54) is 11.3 Å². The third kappa shape index (κ3) is 3.06. The number of anilines is 1. The monoisotopic (exact) mass is 312 g/mol. The lowest BCUT2D eigenvalue weighted by atomic mass is 10.2. The lowest BCUT2D eigenvalue weighted by Gasteiger charge is -2.16. The van der Waals surface area contributed by atoms with Crippen LogP contribution in [0.2, 0.25) is 5.02 Å². The second-order valence-electron chi connectivity index (χ2n) is 4.41. The molecule has 1 aromatic heterocycles. The van der Waals surface area contributed by atoms with E-state index in [-0.39, 0.29) is 5.91 Å². The lowest BCUT2D eigenvalue weighted by Crippen LogP contribution is -2.30. The summed E-state index contributed by atoms with van der Waals surface area (Å²) in [6.07, 6.45) is 0. The van der Waals surface area contributed by atoms with E-state index in [1.807, 2.05) is 19.1 Å². The first-order valence-electron chi connectivity index (χ1n) is 6.35. The van der Waals surface area contributed by atoms with Crippen molar-refractivity contribution in [3.8, 4) is 0 Å². The predicted molar refractivity (Wildman–Crippen MR) is 84.7 cm³/mol. The first-order chi connectivity index (χ1) is 9.54. The number of nitrogen functional groups attached to an aromatic ring is 1. The van der Waals surface area contributed by atoms with Crippen LogP contribution in [0.5, 0.6) is 0 Å². The van der Waals surface area contributed by atoms with E-state index in [0.29, 0.717) is 35.3 Å². The van der Waals surface area contributed by atoms with Gasteiger partial charge in [0.25, 0.3) is 5.91 Å². The smallest absolute Gasteiger partial charge is 0.265 e. The second-order valence-corrected chi connectivity index (χ2v) is 5.90. The number of rotatable bonds is 5. The molecule has 6 heteroatoms. The van der Waals surface area contributed by atoms with Crippen LogP contribution in [0.1, 0.15) is 16.6 Å². The van der Waals surface area contributed by atoms with E-state index in [1.54, 1.807) is 18.0 Å². The van der Waals surface area contributed by atoms with E-state index in [2.05, 4.69) is 0 Å². The molecule has 0 unspecified atom stereocenters. The molecule has 108 valence electrons. The molecule has 0 aliphatic rings. The number of carbonyl (C=O) groups excluding carboxylic acids is 1. The van der Waals surface area contributed by atoms with Crippen molar-refractivity contribution in [2.45, 2.75) is 6.92 Å². The molecule has 1 amide bonds. The second kappa shape index (κ2) is 6.43. The molecule has 2 N–H and O–H groups in total. The minimum absolute atomic E-state index is 0.0838. The molecule has 0 saturated heterocycles. The molecule has 0 spiro atoms. The minimum Gasteiger partial charge on any atom is -0.397 e. The predicted octanol–water partition coefficient (Wildman–Crippen LogP) is 3.25. The highest BCUT2D eigenvalue weighted by Crippen LogP contribution is 2.35. The number of ether oxygens (including phenoxy) is 1. The van der Waals surface area contributed by atoms with Gasteiger partial charge in [0, 0.05) is 35.3 Å². The Morgan fingerprint density at radius 1 is 1.50 bits per heavy atom. The van der Waals surface area contributed by atoms with Gasteiger partial charge in [-0.15, -0.1) is 11.3 Å². The molecule has 4 nitrogen and oxygen atoms in total. The molecule has 0 aliphatic heterocycles. The van der Waals surface area contributed by atoms with Crippen LogP contribution < -0.4 is 5.73 Å². The number of nitrogens with zero attached hydrogens (tertiary/aromatic N) is 1. The summed E-state index contributed by atoms with van der Waals surface area (Å²) in [7, 11) is 1.75.